The molecule has 3 aromatic rings. The molecule has 1 aliphatic rings. The number of nitrogens with zero attached hydrogens (tertiary/aromatic N) is 3. The Bertz CT molecular complexity index is 863. The molecule has 0 radical (unpaired) electrons. The number of nitrogens with one attached hydrogen (secondary N) is 1. The number of rotatable bonds is 5. The molecule has 1 aromatic carbocycles. The van der Waals surface area contributed by atoms with E-state index in [-0.39, 0.29) is 5.91 Å². The molecular weight excluding hydrogens is 348 g/mol. The predicted octanol–water partition coefficient (Wildman–Crippen LogP) is 3.80. The van der Waals surface area contributed by atoms with E-state index < -0.39 is 0 Å². The Kier molecular flexibility index (Phi) is 4.99. The highest BCUT2D eigenvalue weighted by molar-refractivity contribution is 7.18. The summed E-state index contributed by atoms with van der Waals surface area (Å²) in [6.45, 7) is 4.60. The predicted molar refractivity (Wildman–Crippen MR) is 103 cm³/mol. The van der Waals surface area contributed by atoms with Crippen LogP contribution in [0, 0.1) is 6.92 Å². The van der Waals surface area contributed by atoms with E-state index in [0.717, 1.165) is 38.0 Å². The summed E-state index contributed by atoms with van der Waals surface area (Å²) in [5, 5.41) is 7.81. The number of fused-ring (bicyclic) bond motifs is 1. The molecule has 0 atom stereocenters. The molecule has 26 heavy (non-hydrogen) atoms. The number of carbonyl (C=O) groups excluding carboxylic acids is 1. The number of likely N-dealkylation sites (tertiary alicyclic amines) is 1. The lowest BCUT2D eigenvalue weighted by Gasteiger charge is -2.30. The van der Waals surface area contributed by atoms with Gasteiger partial charge in [0.2, 0.25) is 5.91 Å². The fraction of sp³-hybridized carbons (Fsp3) is 0.421. The maximum Gasteiger partial charge on any atom is 0.226 e. The third-order valence-electron chi connectivity index (χ3n) is 4.80. The second-order valence-electron chi connectivity index (χ2n) is 6.76. The summed E-state index contributed by atoms with van der Waals surface area (Å²) in [6.07, 6.45) is 2.67. The van der Waals surface area contributed by atoms with E-state index in [1.54, 1.807) is 13.0 Å². The maximum absolute atomic E-state index is 12.0. The zero-order valence-electron chi connectivity index (χ0n) is 14.8. The largest absolute Gasteiger partial charge is 0.360 e. The van der Waals surface area contributed by atoms with Crippen molar-refractivity contribution in [2.75, 3.05) is 25.0 Å². The summed E-state index contributed by atoms with van der Waals surface area (Å²) in [5.41, 5.74) is 1.11. The number of carbonyl (C=O) groups is 1. The number of aromatic nitrogens is 2. The van der Waals surface area contributed by atoms with Crippen LogP contribution in [0.1, 0.15) is 35.9 Å². The summed E-state index contributed by atoms with van der Waals surface area (Å²) < 4.78 is 6.22. The van der Waals surface area contributed by atoms with E-state index in [0.29, 0.717) is 23.9 Å². The minimum atomic E-state index is -0.0217. The minimum Gasteiger partial charge on any atom is -0.360 e. The fourth-order valence-corrected chi connectivity index (χ4v) is 4.50. The highest BCUT2D eigenvalue weighted by atomic mass is 32.1. The molecule has 2 aromatic heterocycles. The average Bonchev–Trinajstić information content (AvgIpc) is 3.26. The van der Waals surface area contributed by atoms with Gasteiger partial charge in [0.1, 0.15) is 5.76 Å². The van der Waals surface area contributed by atoms with Gasteiger partial charge in [0.05, 0.1) is 15.2 Å². The molecule has 4 rings (SSSR count). The second kappa shape index (κ2) is 7.55. The van der Waals surface area contributed by atoms with Crippen LogP contribution in [0.5, 0.6) is 0 Å². The summed E-state index contributed by atoms with van der Waals surface area (Å²) in [5.74, 6) is 1.70. The smallest absolute Gasteiger partial charge is 0.226 e. The molecule has 0 saturated carbocycles. The fourth-order valence-electron chi connectivity index (χ4n) is 3.36. The standard InChI is InChI=1S/C19H22N4O2S/c1-13-12-17(22-25-13)21-18(24)8-11-23-9-6-14(7-10-23)19-20-15-4-2-3-5-16(15)26-19/h2-5,12,14H,6-11H2,1H3,(H,21,22,24). The van der Waals surface area contributed by atoms with Crippen LogP contribution in [0.25, 0.3) is 10.2 Å². The van der Waals surface area contributed by atoms with Crippen LogP contribution in [-0.4, -0.2) is 40.6 Å². The number of hydrogen-bond donors (Lipinski definition) is 1. The molecule has 0 bridgehead atoms. The number of piperidine rings is 1. The monoisotopic (exact) mass is 370 g/mol. The van der Waals surface area contributed by atoms with Crippen molar-refractivity contribution < 1.29 is 9.32 Å². The highest BCUT2D eigenvalue weighted by Gasteiger charge is 2.23. The minimum absolute atomic E-state index is 0.0217. The van der Waals surface area contributed by atoms with E-state index in [1.165, 1.54) is 9.71 Å². The first kappa shape index (κ1) is 17.2. The van der Waals surface area contributed by atoms with E-state index in [1.807, 2.05) is 17.4 Å². The molecule has 1 fully saturated rings. The molecule has 6 nitrogen and oxygen atoms in total. The second-order valence-corrected chi connectivity index (χ2v) is 7.82. The molecule has 136 valence electrons. The molecule has 1 amide bonds. The average molecular weight is 370 g/mol. The van der Waals surface area contributed by atoms with Gasteiger partial charge in [-0.3, -0.25) is 4.79 Å². The molecule has 0 unspecified atom stereocenters. The molecular formula is C19H22N4O2S. The van der Waals surface area contributed by atoms with Gasteiger partial charge >= 0.3 is 0 Å². The molecule has 1 aliphatic heterocycles. The molecule has 3 heterocycles. The Morgan fingerprint density at radius 2 is 2.15 bits per heavy atom. The maximum atomic E-state index is 12.0. The first-order chi connectivity index (χ1) is 12.7. The Morgan fingerprint density at radius 1 is 1.35 bits per heavy atom. The van der Waals surface area contributed by atoms with Crippen molar-refractivity contribution >= 4 is 33.3 Å². The lowest BCUT2D eigenvalue weighted by atomic mass is 9.97. The number of benzene rings is 1. The van der Waals surface area contributed by atoms with Crippen molar-refractivity contribution in [3.8, 4) is 0 Å². The zero-order chi connectivity index (χ0) is 17.9. The quantitative estimate of drug-likeness (QED) is 0.740. The van der Waals surface area contributed by atoms with Gasteiger partial charge in [0.15, 0.2) is 5.82 Å². The van der Waals surface area contributed by atoms with E-state index >= 15 is 0 Å². The van der Waals surface area contributed by atoms with E-state index in [9.17, 15) is 4.79 Å². The Morgan fingerprint density at radius 3 is 2.88 bits per heavy atom. The lowest BCUT2D eigenvalue weighted by molar-refractivity contribution is -0.116. The van der Waals surface area contributed by atoms with Crippen molar-refractivity contribution in [2.24, 2.45) is 0 Å². The van der Waals surface area contributed by atoms with Crippen molar-refractivity contribution in [2.45, 2.75) is 32.1 Å². The molecule has 0 spiro atoms. The van der Waals surface area contributed by atoms with Gasteiger partial charge in [0.25, 0.3) is 0 Å². The van der Waals surface area contributed by atoms with Gasteiger partial charge in [-0.25, -0.2) is 4.98 Å². The van der Waals surface area contributed by atoms with Gasteiger partial charge in [-0.05, 0) is 45.0 Å². The number of thiazole rings is 1. The number of hydrogen-bond acceptors (Lipinski definition) is 6. The third-order valence-corrected chi connectivity index (χ3v) is 6.00. The van der Waals surface area contributed by atoms with Crippen LogP contribution in [0.3, 0.4) is 0 Å². The summed E-state index contributed by atoms with van der Waals surface area (Å²) in [4.78, 5) is 19.2. The summed E-state index contributed by atoms with van der Waals surface area (Å²) in [7, 11) is 0. The normalized spacial score (nSPS) is 16.2. The van der Waals surface area contributed by atoms with Gasteiger partial charge in [-0.1, -0.05) is 17.3 Å². The van der Waals surface area contributed by atoms with Gasteiger partial charge in [-0.15, -0.1) is 11.3 Å². The number of aryl methyl sites for hydroxylation is 1. The topological polar surface area (TPSA) is 71.3 Å². The zero-order valence-corrected chi connectivity index (χ0v) is 15.6. The van der Waals surface area contributed by atoms with Gasteiger partial charge in [-0.2, -0.15) is 0 Å². The highest BCUT2D eigenvalue weighted by Crippen LogP contribution is 2.33. The van der Waals surface area contributed by atoms with Gasteiger partial charge < -0.3 is 14.7 Å². The van der Waals surface area contributed by atoms with Crippen molar-refractivity contribution in [1.29, 1.82) is 0 Å². The van der Waals surface area contributed by atoms with E-state index in [4.69, 9.17) is 9.51 Å². The first-order valence-electron chi connectivity index (χ1n) is 8.98. The van der Waals surface area contributed by atoms with Gasteiger partial charge in [0, 0.05) is 24.9 Å². The van der Waals surface area contributed by atoms with Crippen LogP contribution in [0.4, 0.5) is 5.82 Å². The molecule has 7 heteroatoms. The Hall–Kier alpha value is -2.25. The molecule has 1 saturated heterocycles. The Balaban J connectivity index is 1.25. The van der Waals surface area contributed by atoms with Crippen LogP contribution < -0.4 is 5.32 Å². The number of anilines is 1. The Labute approximate surface area is 156 Å². The van der Waals surface area contributed by atoms with Crippen molar-refractivity contribution in [3.63, 3.8) is 0 Å². The summed E-state index contributed by atoms with van der Waals surface area (Å²) >= 11 is 1.82. The van der Waals surface area contributed by atoms with Crippen LogP contribution in [0.2, 0.25) is 0 Å². The van der Waals surface area contributed by atoms with Crippen molar-refractivity contribution in [1.82, 2.24) is 15.0 Å². The third kappa shape index (κ3) is 3.94. The number of amides is 1. The number of para-hydroxylation sites is 1. The summed E-state index contributed by atoms with van der Waals surface area (Å²) in [6, 6.07) is 10.1. The van der Waals surface area contributed by atoms with Crippen LogP contribution >= 0.6 is 11.3 Å². The van der Waals surface area contributed by atoms with E-state index in [2.05, 4.69) is 33.6 Å². The van der Waals surface area contributed by atoms with Crippen LogP contribution in [0.15, 0.2) is 34.9 Å². The lowest BCUT2D eigenvalue weighted by Crippen LogP contribution is -2.35. The first-order valence-corrected chi connectivity index (χ1v) is 9.80. The van der Waals surface area contributed by atoms with Crippen LogP contribution in [-0.2, 0) is 4.79 Å². The SMILES string of the molecule is Cc1cc(NC(=O)CCN2CCC(c3nc4ccccc4s3)CC2)no1. The molecule has 0 aliphatic carbocycles. The van der Waals surface area contributed by atoms with Crippen molar-refractivity contribution in [3.05, 3.63) is 41.1 Å². The molecule has 1 N–H and O–H groups in total.